The average molecular weight is 252 g/mol. The molecule has 0 bridgehead atoms. The Bertz CT molecular complexity index is 343. The minimum absolute atomic E-state index is 0.411. The Balaban J connectivity index is 1.85. The molecule has 1 aromatic rings. The summed E-state index contributed by atoms with van der Waals surface area (Å²) >= 11 is 0. The number of hydrogen-bond donors (Lipinski definition) is 1. The van der Waals surface area contributed by atoms with Crippen LogP contribution in [0.2, 0.25) is 0 Å². The molecule has 18 heavy (non-hydrogen) atoms. The van der Waals surface area contributed by atoms with Crippen molar-refractivity contribution in [2.45, 2.75) is 39.0 Å². The summed E-state index contributed by atoms with van der Waals surface area (Å²) in [5, 5.41) is 7.47. The van der Waals surface area contributed by atoms with Crippen molar-refractivity contribution in [3.63, 3.8) is 0 Å². The lowest BCUT2D eigenvalue weighted by Crippen LogP contribution is -2.28. The smallest absolute Gasteiger partial charge is 0.231 e. The van der Waals surface area contributed by atoms with Gasteiger partial charge in [-0.05, 0) is 32.5 Å². The van der Waals surface area contributed by atoms with Crippen molar-refractivity contribution in [3.8, 4) is 0 Å². The van der Waals surface area contributed by atoms with Crippen LogP contribution in [0, 0.1) is 0 Å². The fraction of sp³-hybridized carbons (Fsp3) is 0.846. The third kappa shape index (κ3) is 3.53. The quantitative estimate of drug-likeness (QED) is 0.830. The lowest BCUT2D eigenvalue weighted by molar-refractivity contribution is 0.299. The largest absolute Gasteiger partial charge is 0.339 e. The molecule has 0 spiro atoms. The highest BCUT2D eigenvalue weighted by molar-refractivity contribution is 4.97. The summed E-state index contributed by atoms with van der Waals surface area (Å²) in [5.74, 6) is 2.08. The Morgan fingerprint density at radius 2 is 2.22 bits per heavy atom. The van der Waals surface area contributed by atoms with Crippen LogP contribution in [0.4, 0.5) is 0 Å². The van der Waals surface area contributed by atoms with E-state index in [2.05, 4.69) is 34.2 Å². The maximum absolute atomic E-state index is 5.38. The molecule has 1 aromatic heterocycles. The predicted octanol–water partition coefficient (Wildman–Crippen LogP) is 1.42. The van der Waals surface area contributed by atoms with E-state index in [1.165, 1.54) is 6.42 Å². The summed E-state index contributed by atoms with van der Waals surface area (Å²) in [5.41, 5.74) is 0. The highest BCUT2D eigenvalue weighted by Crippen LogP contribution is 2.21. The van der Waals surface area contributed by atoms with Crippen molar-refractivity contribution in [2.75, 3.05) is 32.7 Å². The van der Waals surface area contributed by atoms with Crippen molar-refractivity contribution in [3.05, 3.63) is 11.7 Å². The van der Waals surface area contributed by atoms with Crippen LogP contribution in [0.1, 0.15) is 44.3 Å². The molecule has 1 N–H and O–H groups in total. The number of rotatable bonds is 6. The zero-order chi connectivity index (χ0) is 12.8. The van der Waals surface area contributed by atoms with Gasteiger partial charge in [-0.25, -0.2) is 0 Å². The summed E-state index contributed by atoms with van der Waals surface area (Å²) < 4.78 is 5.38. The first-order valence-corrected chi connectivity index (χ1v) is 7.09. The minimum Gasteiger partial charge on any atom is -0.339 e. The van der Waals surface area contributed by atoms with E-state index in [1.807, 2.05) is 0 Å². The number of nitrogens with one attached hydrogen (secondary N) is 1. The van der Waals surface area contributed by atoms with Gasteiger partial charge in [-0.2, -0.15) is 4.98 Å². The first-order chi connectivity index (χ1) is 8.83. The van der Waals surface area contributed by atoms with Gasteiger partial charge in [0.1, 0.15) is 0 Å². The van der Waals surface area contributed by atoms with Crippen LogP contribution in [0.25, 0.3) is 0 Å². The molecule has 0 aliphatic carbocycles. The van der Waals surface area contributed by atoms with E-state index in [0.717, 1.165) is 57.3 Å². The fourth-order valence-electron chi connectivity index (χ4n) is 2.40. The van der Waals surface area contributed by atoms with Gasteiger partial charge in [0.15, 0.2) is 5.82 Å². The molecule has 1 saturated heterocycles. The fourth-order valence-corrected chi connectivity index (χ4v) is 2.40. The maximum Gasteiger partial charge on any atom is 0.231 e. The van der Waals surface area contributed by atoms with Crippen LogP contribution in [0.15, 0.2) is 4.52 Å². The van der Waals surface area contributed by atoms with E-state index >= 15 is 0 Å². The second-order valence-electron chi connectivity index (χ2n) is 4.87. The van der Waals surface area contributed by atoms with Crippen LogP contribution in [-0.4, -0.2) is 47.8 Å². The lowest BCUT2D eigenvalue weighted by Gasteiger charge is -2.18. The van der Waals surface area contributed by atoms with Crippen LogP contribution in [-0.2, 0) is 6.42 Å². The van der Waals surface area contributed by atoms with Crippen molar-refractivity contribution in [1.29, 1.82) is 0 Å². The van der Waals surface area contributed by atoms with Crippen LogP contribution in [0.3, 0.4) is 0 Å². The molecule has 0 unspecified atom stereocenters. The lowest BCUT2D eigenvalue weighted by atomic mass is 10.00. The highest BCUT2D eigenvalue weighted by atomic mass is 16.5. The van der Waals surface area contributed by atoms with Crippen LogP contribution in [0.5, 0.6) is 0 Å². The molecule has 5 heteroatoms. The van der Waals surface area contributed by atoms with Gasteiger partial charge < -0.3 is 14.7 Å². The third-order valence-electron chi connectivity index (χ3n) is 3.68. The average Bonchev–Trinajstić information content (AvgIpc) is 2.90. The summed E-state index contributed by atoms with van der Waals surface area (Å²) in [6, 6.07) is 0. The molecule has 0 saturated carbocycles. The zero-order valence-corrected chi connectivity index (χ0v) is 11.5. The van der Waals surface area contributed by atoms with Gasteiger partial charge in [-0.1, -0.05) is 19.0 Å². The number of hydrogen-bond acceptors (Lipinski definition) is 5. The van der Waals surface area contributed by atoms with E-state index in [9.17, 15) is 0 Å². The minimum atomic E-state index is 0.411. The van der Waals surface area contributed by atoms with Gasteiger partial charge >= 0.3 is 0 Å². The van der Waals surface area contributed by atoms with E-state index in [0.29, 0.717) is 5.92 Å². The SMILES string of the molecule is CCN(CC)CCc1noc([C@@H]2CCCNC2)n1. The Labute approximate surface area is 109 Å². The van der Waals surface area contributed by atoms with E-state index in [-0.39, 0.29) is 0 Å². The van der Waals surface area contributed by atoms with E-state index in [1.54, 1.807) is 0 Å². The molecular formula is C13H24N4O. The second kappa shape index (κ2) is 6.85. The molecule has 2 rings (SSSR count). The third-order valence-corrected chi connectivity index (χ3v) is 3.68. The molecule has 2 heterocycles. The van der Waals surface area contributed by atoms with Gasteiger partial charge in [0.2, 0.25) is 5.89 Å². The molecule has 5 nitrogen and oxygen atoms in total. The number of likely N-dealkylation sites (N-methyl/N-ethyl adjacent to an activating group) is 1. The Morgan fingerprint density at radius 3 is 2.89 bits per heavy atom. The standard InChI is InChI=1S/C13H24N4O/c1-3-17(4-2)9-7-12-15-13(18-16-12)11-6-5-8-14-10-11/h11,14H,3-10H2,1-2H3/t11-/m1/s1. The Hall–Kier alpha value is -0.940. The molecule has 1 aliphatic rings. The van der Waals surface area contributed by atoms with Crippen LogP contribution < -0.4 is 5.32 Å². The van der Waals surface area contributed by atoms with Gasteiger partial charge in [0, 0.05) is 19.5 Å². The van der Waals surface area contributed by atoms with Crippen molar-refractivity contribution >= 4 is 0 Å². The molecule has 102 valence electrons. The maximum atomic E-state index is 5.38. The molecule has 0 aromatic carbocycles. The van der Waals surface area contributed by atoms with Crippen molar-refractivity contribution in [1.82, 2.24) is 20.4 Å². The van der Waals surface area contributed by atoms with E-state index < -0.39 is 0 Å². The van der Waals surface area contributed by atoms with E-state index in [4.69, 9.17) is 4.52 Å². The number of piperidine rings is 1. The molecular weight excluding hydrogens is 228 g/mol. The van der Waals surface area contributed by atoms with Crippen molar-refractivity contribution in [2.24, 2.45) is 0 Å². The number of nitrogens with zero attached hydrogens (tertiary/aromatic N) is 3. The first kappa shape index (κ1) is 13.5. The Kier molecular flexibility index (Phi) is 5.13. The van der Waals surface area contributed by atoms with Gasteiger partial charge in [-0.15, -0.1) is 0 Å². The predicted molar refractivity (Wildman–Crippen MR) is 70.6 cm³/mol. The normalized spacial score (nSPS) is 20.5. The molecule has 1 atom stereocenters. The second-order valence-corrected chi connectivity index (χ2v) is 4.87. The highest BCUT2D eigenvalue weighted by Gasteiger charge is 2.21. The van der Waals surface area contributed by atoms with Crippen LogP contribution >= 0.6 is 0 Å². The van der Waals surface area contributed by atoms with Gasteiger partial charge in [0.05, 0.1) is 5.92 Å². The number of aromatic nitrogens is 2. The first-order valence-electron chi connectivity index (χ1n) is 7.09. The summed E-state index contributed by atoms with van der Waals surface area (Å²) in [7, 11) is 0. The topological polar surface area (TPSA) is 54.2 Å². The summed E-state index contributed by atoms with van der Waals surface area (Å²) in [6.45, 7) is 9.60. The molecule has 0 radical (unpaired) electrons. The summed E-state index contributed by atoms with van der Waals surface area (Å²) in [6.07, 6.45) is 3.23. The Morgan fingerprint density at radius 1 is 1.39 bits per heavy atom. The summed E-state index contributed by atoms with van der Waals surface area (Å²) in [4.78, 5) is 6.90. The zero-order valence-electron chi connectivity index (χ0n) is 11.5. The molecule has 0 amide bonds. The molecule has 1 aliphatic heterocycles. The monoisotopic (exact) mass is 252 g/mol. The van der Waals surface area contributed by atoms with Gasteiger partial charge in [0.25, 0.3) is 0 Å². The van der Waals surface area contributed by atoms with Gasteiger partial charge in [-0.3, -0.25) is 0 Å². The molecule has 1 fully saturated rings. The van der Waals surface area contributed by atoms with Crippen molar-refractivity contribution < 1.29 is 4.52 Å².